The Balaban J connectivity index is 4.02. The van der Waals surface area contributed by atoms with E-state index in [2.05, 4.69) is 35.5 Å². The van der Waals surface area contributed by atoms with Gasteiger partial charge in [-0.05, 0) is 28.1 Å². The summed E-state index contributed by atoms with van der Waals surface area (Å²) in [4.78, 5) is -0.325. The van der Waals surface area contributed by atoms with Crippen molar-refractivity contribution in [2.45, 2.75) is 18.0 Å². The highest BCUT2D eigenvalue weighted by molar-refractivity contribution is 7.81. The highest BCUT2D eigenvalue weighted by atomic mass is 32.1. The lowest BCUT2D eigenvalue weighted by Gasteiger charge is -2.33. The minimum absolute atomic E-state index is 0.269. The van der Waals surface area contributed by atoms with Gasteiger partial charge in [-0.2, -0.15) is 0 Å². The van der Waals surface area contributed by atoms with E-state index in [4.69, 9.17) is 0 Å². The Hall–Kier alpha value is 0.230. The van der Waals surface area contributed by atoms with Gasteiger partial charge in [0, 0.05) is 6.04 Å². The quantitative estimate of drug-likeness (QED) is 0.337. The zero-order valence-corrected chi connectivity index (χ0v) is 7.92. The van der Waals surface area contributed by atoms with Crippen LogP contribution < -0.4 is 16.0 Å². The molecule has 0 radical (unpaired) electrons. The molecule has 0 aliphatic heterocycles. The van der Waals surface area contributed by atoms with Gasteiger partial charge in [0.05, 0.1) is 0 Å². The molecule has 3 N–H and O–H groups in total. The third kappa shape index (κ3) is 2.12. The molecular formula is C6H17N3S. The van der Waals surface area contributed by atoms with E-state index < -0.39 is 0 Å². The Morgan fingerprint density at radius 3 is 1.70 bits per heavy atom. The highest BCUT2D eigenvalue weighted by Crippen LogP contribution is 2.09. The number of hydrogen-bond acceptors (Lipinski definition) is 4. The van der Waals surface area contributed by atoms with Crippen molar-refractivity contribution in [2.75, 3.05) is 21.1 Å². The molecule has 62 valence electrons. The Kier molecular flexibility index (Phi) is 4.28. The van der Waals surface area contributed by atoms with Crippen LogP contribution in [0.1, 0.15) is 6.92 Å². The minimum atomic E-state index is -0.325. The molecule has 0 amide bonds. The van der Waals surface area contributed by atoms with Crippen LogP contribution >= 0.6 is 12.6 Å². The molecule has 4 heteroatoms. The molecule has 0 saturated heterocycles. The van der Waals surface area contributed by atoms with Crippen LogP contribution in [0, 0.1) is 0 Å². The lowest BCUT2D eigenvalue weighted by atomic mass is 10.2. The van der Waals surface area contributed by atoms with Crippen LogP contribution in [0.4, 0.5) is 0 Å². The van der Waals surface area contributed by atoms with E-state index >= 15 is 0 Å². The fraction of sp³-hybridized carbons (Fsp3) is 1.00. The van der Waals surface area contributed by atoms with E-state index in [1.807, 2.05) is 21.1 Å². The van der Waals surface area contributed by atoms with Crippen molar-refractivity contribution in [1.82, 2.24) is 16.0 Å². The summed E-state index contributed by atoms with van der Waals surface area (Å²) in [5, 5.41) is 9.24. The largest absolute Gasteiger partial charge is 0.313 e. The second-order valence-corrected chi connectivity index (χ2v) is 2.98. The lowest BCUT2D eigenvalue weighted by Crippen LogP contribution is -2.60. The molecule has 0 heterocycles. The zero-order chi connectivity index (χ0) is 8.20. The first kappa shape index (κ1) is 10.2. The third-order valence-corrected chi connectivity index (χ3v) is 2.66. The summed E-state index contributed by atoms with van der Waals surface area (Å²) in [6.07, 6.45) is 0. The number of likely N-dealkylation sites (N-methyl/N-ethyl adjacent to an activating group) is 3. The van der Waals surface area contributed by atoms with Gasteiger partial charge < -0.3 is 5.32 Å². The molecule has 0 aliphatic rings. The van der Waals surface area contributed by atoms with Gasteiger partial charge in [-0.3, -0.25) is 10.6 Å². The Labute approximate surface area is 68.4 Å². The van der Waals surface area contributed by atoms with Crippen LogP contribution in [-0.4, -0.2) is 32.2 Å². The lowest BCUT2D eigenvalue weighted by molar-refractivity contribution is 0.349. The topological polar surface area (TPSA) is 36.1 Å². The summed E-state index contributed by atoms with van der Waals surface area (Å²) >= 11 is 4.41. The predicted octanol–water partition coefficient (Wildman–Crippen LogP) is -0.383. The second kappa shape index (κ2) is 4.18. The number of rotatable bonds is 4. The summed E-state index contributed by atoms with van der Waals surface area (Å²) in [5.41, 5.74) is 0. The van der Waals surface area contributed by atoms with Crippen molar-refractivity contribution in [3.05, 3.63) is 0 Å². The molecular weight excluding hydrogens is 146 g/mol. The highest BCUT2D eigenvalue weighted by Gasteiger charge is 2.26. The molecule has 0 aromatic heterocycles. The predicted molar refractivity (Wildman–Crippen MR) is 48.4 cm³/mol. The van der Waals surface area contributed by atoms with E-state index in [1.54, 1.807) is 0 Å². The molecule has 0 spiro atoms. The first-order valence-electron chi connectivity index (χ1n) is 3.38. The van der Waals surface area contributed by atoms with Crippen molar-refractivity contribution in [2.24, 2.45) is 0 Å². The van der Waals surface area contributed by atoms with Crippen LogP contribution in [0.3, 0.4) is 0 Å². The van der Waals surface area contributed by atoms with Gasteiger partial charge in [0.15, 0.2) is 0 Å². The third-order valence-electron chi connectivity index (χ3n) is 1.82. The summed E-state index contributed by atoms with van der Waals surface area (Å²) in [6, 6.07) is 0.269. The summed E-state index contributed by atoms with van der Waals surface area (Å²) < 4.78 is 0. The monoisotopic (exact) mass is 163 g/mol. The Morgan fingerprint density at radius 2 is 1.60 bits per heavy atom. The van der Waals surface area contributed by atoms with E-state index in [0.717, 1.165) is 0 Å². The summed E-state index contributed by atoms with van der Waals surface area (Å²) in [6.45, 7) is 2.06. The van der Waals surface area contributed by atoms with Crippen molar-refractivity contribution in [1.29, 1.82) is 0 Å². The standard InChI is InChI=1S/C6H17N3S/c1-5(7-2)6(10,8-3)9-4/h5,7-10H,1-4H3. The van der Waals surface area contributed by atoms with E-state index in [0.29, 0.717) is 0 Å². The zero-order valence-electron chi connectivity index (χ0n) is 7.02. The average Bonchev–Trinajstić information content (AvgIpc) is 2.01. The van der Waals surface area contributed by atoms with Gasteiger partial charge in [-0.1, -0.05) is 0 Å². The molecule has 0 aromatic carbocycles. The van der Waals surface area contributed by atoms with Gasteiger partial charge in [-0.15, -0.1) is 12.6 Å². The van der Waals surface area contributed by atoms with Gasteiger partial charge in [0.1, 0.15) is 4.99 Å². The van der Waals surface area contributed by atoms with E-state index in [1.165, 1.54) is 0 Å². The molecule has 10 heavy (non-hydrogen) atoms. The van der Waals surface area contributed by atoms with Gasteiger partial charge in [0.25, 0.3) is 0 Å². The van der Waals surface area contributed by atoms with Gasteiger partial charge >= 0.3 is 0 Å². The molecule has 0 aromatic rings. The van der Waals surface area contributed by atoms with Crippen molar-refractivity contribution >= 4 is 12.6 Å². The molecule has 0 saturated carbocycles. The smallest absolute Gasteiger partial charge is 0.129 e. The van der Waals surface area contributed by atoms with Crippen molar-refractivity contribution in [3.8, 4) is 0 Å². The SMILES string of the molecule is CNC(C)C(S)(NC)NC. The first-order chi connectivity index (χ1) is 4.60. The minimum Gasteiger partial charge on any atom is -0.313 e. The van der Waals surface area contributed by atoms with Gasteiger partial charge in [-0.25, -0.2) is 0 Å². The maximum atomic E-state index is 4.41. The Bertz CT molecular complexity index is 93.0. The fourth-order valence-corrected chi connectivity index (χ4v) is 0.896. The molecule has 0 aliphatic carbocycles. The Morgan fingerprint density at radius 1 is 1.20 bits per heavy atom. The normalized spacial score (nSPS) is 15.3. The van der Waals surface area contributed by atoms with Crippen molar-refractivity contribution in [3.63, 3.8) is 0 Å². The van der Waals surface area contributed by atoms with Crippen LogP contribution in [0.5, 0.6) is 0 Å². The number of nitrogens with one attached hydrogen (secondary N) is 3. The molecule has 1 unspecified atom stereocenters. The van der Waals surface area contributed by atoms with Crippen molar-refractivity contribution < 1.29 is 0 Å². The second-order valence-electron chi connectivity index (χ2n) is 2.28. The summed E-state index contributed by atoms with van der Waals surface area (Å²) in [5.74, 6) is 0. The van der Waals surface area contributed by atoms with Crippen LogP contribution in [-0.2, 0) is 0 Å². The number of thiol groups is 1. The molecule has 0 bridgehead atoms. The first-order valence-corrected chi connectivity index (χ1v) is 3.83. The maximum Gasteiger partial charge on any atom is 0.129 e. The molecule has 0 rings (SSSR count). The van der Waals surface area contributed by atoms with Crippen LogP contribution in [0.15, 0.2) is 0 Å². The molecule has 1 atom stereocenters. The summed E-state index contributed by atoms with van der Waals surface area (Å²) in [7, 11) is 5.65. The molecule has 0 fully saturated rings. The number of hydrogen-bond donors (Lipinski definition) is 4. The van der Waals surface area contributed by atoms with Crippen LogP contribution in [0.25, 0.3) is 0 Å². The van der Waals surface area contributed by atoms with E-state index in [9.17, 15) is 0 Å². The van der Waals surface area contributed by atoms with Gasteiger partial charge in [0.2, 0.25) is 0 Å². The van der Waals surface area contributed by atoms with Crippen LogP contribution in [0.2, 0.25) is 0 Å². The molecule has 3 nitrogen and oxygen atoms in total. The fourth-order valence-electron chi connectivity index (χ4n) is 0.767. The van der Waals surface area contributed by atoms with E-state index in [-0.39, 0.29) is 11.0 Å². The average molecular weight is 163 g/mol. The maximum absolute atomic E-state index is 4.41.